The quantitative estimate of drug-likeness (QED) is 0.855. The Bertz CT molecular complexity index is 501. The Morgan fingerprint density at radius 3 is 2.43 bits per heavy atom. The van der Waals surface area contributed by atoms with Crippen molar-refractivity contribution in [1.29, 1.82) is 0 Å². The van der Waals surface area contributed by atoms with Crippen LogP contribution in [0.1, 0.15) is 25.8 Å². The maximum Gasteiger partial charge on any atom is 0.223 e. The van der Waals surface area contributed by atoms with Gasteiger partial charge in [-0.05, 0) is 39.4 Å². The number of benzene rings is 1. The summed E-state index contributed by atoms with van der Waals surface area (Å²) in [6, 6.07) is 4.21. The lowest BCUT2D eigenvalue weighted by Crippen LogP contribution is -2.56. The van der Waals surface area contributed by atoms with Crippen molar-refractivity contribution in [3.63, 3.8) is 0 Å². The summed E-state index contributed by atoms with van der Waals surface area (Å²) in [5.41, 5.74) is 0.000629. The first-order valence-electron chi connectivity index (χ1n) is 7.32. The molecule has 1 amide bonds. The molecule has 1 saturated heterocycles. The van der Waals surface area contributed by atoms with Crippen LogP contribution in [0.3, 0.4) is 0 Å². The lowest BCUT2D eigenvalue weighted by atomic mass is 10.1. The molecule has 2 rings (SSSR count). The zero-order valence-electron chi connectivity index (χ0n) is 12.8. The molecular formula is C16H22F2N2O. The minimum Gasteiger partial charge on any atom is -0.337 e. The fraction of sp³-hybridized carbons (Fsp3) is 0.562. The normalized spacial score (nSPS) is 23.4. The number of amides is 1. The number of carbonyl (C=O) groups excluding carboxylic acids is 1. The van der Waals surface area contributed by atoms with Crippen LogP contribution in [0, 0.1) is 11.6 Å². The fourth-order valence-electron chi connectivity index (χ4n) is 2.79. The smallest absolute Gasteiger partial charge is 0.223 e. The molecule has 1 heterocycles. The topological polar surface area (TPSA) is 23.6 Å². The van der Waals surface area contributed by atoms with Gasteiger partial charge in [0.25, 0.3) is 0 Å². The summed E-state index contributed by atoms with van der Waals surface area (Å²) in [5.74, 6) is -1.20. The summed E-state index contributed by atoms with van der Waals surface area (Å²) in [6.45, 7) is 5.56. The van der Waals surface area contributed by atoms with E-state index in [1.54, 1.807) is 0 Å². The molecule has 1 aromatic rings. The molecule has 0 N–H and O–H groups in total. The van der Waals surface area contributed by atoms with Gasteiger partial charge in [-0.1, -0.05) is 6.07 Å². The number of carbonyl (C=O) groups is 1. The highest BCUT2D eigenvalue weighted by molar-refractivity contribution is 5.77. The number of rotatable bonds is 3. The van der Waals surface area contributed by atoms with Gasteiger partial charge >= 0.3 is 0 Å². The van der Waals surface area contributed by atoms with E-state index in [1.165, 1.54) is 18.2 Å². The molecule has 0 aliphatic carbocycles. The summed E-state index contributed by atoms with van der Waals surface area (Å²) < 4.78 is 27.1. The van der Waals surface area contributed by atoms with Crippen molar-refractivity contribution in [3.8, 4) is 0 Å². The molecule has 116 valence electrons. The van der Waals surface area contributed by atoms with Gasteiger partial charge in [-0.25, -0.2) is 8.78 Å². The lowest BCUT2D eigenvalue weighted by molar-refractivity contribution is -0.136. The largest absolute Gasteiger partial charge is 0.337 e. The van der Waals surface area contributed by atoms with E-state index in [0.717, 1.165) is 6.54 Å². The molecule has 0 radical (unpaired) electrons. The Balaban J connectivity index is 1.99. The van der Waals surface area contributed by atoms with Crippen molar-refractivity contribution in [2.24, 2.45) is 0 Å². The Kier molecular flexibility index (Phi) is 4.93. The molecule has 1 fully saturated rings. The monoisotopic (exact) mass is 296 g/mol. The van der Waals surface area contributed by atoms with Crippen molar-refractivity contribution in [2.45, 2.75) is 38.8 Å². The van der Waals surface area contributed by atoms with E-state index in [1.807, 2.05) is 18.9 Å². The van der Waals surface area contributed by atoms with Gasteiger partial charge in [-0.3, -0.25) is 9.69 Å². The summed E-state index contributed by atoms with van der Waals surface area (Å²) in [4.78, 5) is 16.4. The van der Waals surface area contributed by atoms with Gasteiger partial charge in [0.1, 0.15) is 11.6 Å². The molecular weight excluding hydrogens is 274 g/mol. The fourth-order valence-corrected chi connectivity index (χ4v) is 2.79. The molecule has 0 bridgehead atoms. The highest BCUT2D eigenvalue weighted by atomic mass is 19.1. The van der Waals surface area contributed by atoms with Crippen LogP contribution in [0.4, 0.5) is 8.78 Å². The van der Waals surface area contributed by atoms with Gasteiger partial charge < -0.3 is 4.90 Å². The van der Waals surface area contributed by atoms with Crippen LogP contribution in [-0.4, -0.2) is 47.9 Å². The molecule has 0 unspecified atom stereocenters. The third-order valence-electron chi connectivity index (χ3n) is 4.27. The zero-order chi connectivity index (χ0) is 15.6. The predicted molar refractivity (Wildman–Crippen MR) is 77.9 cm³/mol. The third-order valence-corrected chi connectivity index (χ3v) is 4.27. The summed E-state index contributed by atoms with van der Waals surface area (Å²) in [5, 5.41) is 0. The average Bonchev–Trinajstić information content (AvgIpc) is 2.42. The lowest BCUT2D eigenvalue weighted by Gasteiger charge is -2.42. The van der Waals surface area contributed by atoms with Gasteiger partial charge in [0.05, 0.1) is 0 Å². The second-order valence-corrected chi connectivity index (χ2v) is 5.88. The molecule has 1 aliphatic rings. The van der Waals surface area contributed by atoms with Crippen LogP contribution in [-0.2, 0) is 11.2 Å². The number of nitrogens with zero attached hydrogens (tertiary/aromatic N) is 2. The minimum absolute atomic E-state index is 0.000629. The van der Waals surface area contributed by atoms with Crippen molar-refractivity contribution >= 4 is 5.91 Å². The van der Waals surface area contributed by atoms with Gasteiger partial charge in [0.2, 0.25) is 5.91 Å². The molecule has 3 nitrogen and oxygen atoms in total. The van der Waals surface area contributed by atoms with E-state index < -0.39 is 11.6 Å². The van der Waals surface area contributed by atoms with Crippen molar-refractivity contribution in [1.82, 2.24) is 9.80 Å². The summed E-state index contributed by atoms with van der Waals surface area (Å²) in [7, 11) is 2.04. The molecule has 1 aliphatic heterocycles. The van der Waals surface area contributed by atoms with Crippen LogP contribution in [0.25, 0.3) is 0 Å². The Morgan fingerprint density at radius 1 is 1.19 bits per heavy atom. The van der Waals surface area contributed by atoms with Gasteiger partial charge in [-0.15, -0.1) is 0 Å². The maximum absolute atomic E-state index is 13.6. The van der Waals surface area contributed by atoms with E-state index in [4.69, 9.17) is 0 Å². The molecule has 0 spiro atoms. The van der Waals surface area contributed by atoms with E-state index in [9.17, 15) is 13.6 Å². The SMILES string of the molecule is C[C@@H]1CN(C(=O)CCc2c(F)cccc2F)[C@@H](C)CN1C. The van der Waals surface area contributed by atoms with E-state index in [0.29, 0.717) is 12.6 Å². The second-order valence-electron chi connectivity index (χ2n) is 5.88. The van der Waals surface area contributed by atoms with Gasteiger partial charge in [0, 0.05) is 37.2 Å². The number of hydrogen-bond donors (Lipinski definition) is 0. The van der Waals surface area contributed by atoms with Crippen LogP contribution < -0.4 is 0 Å². The van der Waals surface area contributed by atoms with Gasteiger partial charge in [0.15, 0.2) is 0 Å². The third kappa shape index (κ3) is 3.59. The number of halogens is 2. The second kappa shape index (κ2) is 6.52. The first-order chi connectivity index (χ1) is 9.90. The number of likely N-dealkylation sites (N-methyl/N-ethyl adjacent to an activating group) is 1. The van der Waals surface area contributed by atoms with E-state index in [2.05, 4.69) is 11.8 Å². The molecule has 5 heteroatoms. The van der Waals surface area contributed by atoms with Crippen molar-refractivity contribution < 1.29 is 13.6 Å². The number of hydrogen-bond acceptors (Lipinski definition) is 2. The van der Waals surface area contributed by atoms with Crippen LogP contribution in [0.2, 0.25) is 0 Å². The molecule has 2 atom stereocenters. The molecule has 1 aromatic carbocycles. The first-order valence-corrected chi connectivity index (χ1v) is 7.32. The first kappa shape index (κ1) is 15.9. The molecule has 0 saturated carbocycles. The highest BCUT2D eigenvalue weighted by Crippen LogP contribution is 2.18. The standard InChI is InChI=1S/C16H22F2N2O/c1-11-10-20(12(2)9-19(11)3)16(21)8-7-13-14(17)5-4-6-15(13)18/h4-6,11-12H,7-10H2,1-3H3/t11-,12+/m1/s1. The van der Waals surface area contributed by atoms with Crippen molar-refractivity contribution in [2.75, 3.05) is 20.1 Å². The summed E-state index contributed by atoms with van der Waals surface area (Å²) in [6.07, 6.45) is 0.239. The Labute approximate surface area is 124 Å². The van der Waals surface area contributed by atoms with Crippen molar-refractivity contribution in [3.05, 3.63) is 35.4 Å². The van der Waals surface area contributed by atoms with Crippen LogP contribution in [0.15, 0.2) is 18.2 Å². The highest BCUT2D eigenvalue weighted by Gasteiger charge is 2.29. The molecule has 21 heavy (non-hydrogen) atoms. The maximum atomic E-state index is 13.6. The van der Waals surface area contributed by atoms with Crippen LogP contribution in [0.5, 0.6) is 0 Å². The van der Waals surface area contributed by atoms with Gasteiger partial charge in [-0.2, -0.15) is 0 Å². The Morgan fingerprint density at radius 2 is 1.81 bits per heavy atom. The van der Waals surface area contributed by atoms with E-state index >= 15 is 0 Å². The zero-order valence-corrected chi connectivity index (χ0v) is 12.8. The predicted octanol–water partition coefficient (Wildman–Crippen LogP) is 2.45. The van der Waals surface area contributed by atoms with Crippen LogP contribution >= 0.6 is 0 Å². The average molecular weight is 296 g/mol. The number of piperazine rings is 1. The minimum atomic E-state index is -0.581. The van der Waals surface area contributed by atoms with E-state index in [-0.39, 0.29) is 30.4 Å². The molecule has 0 aromatic heterocycles. The summed E-state index contributed by atoms with van der Waals surface area (Å²) >= 11 is 0. The Hall–Kier alpha value is -1.49.